The molecule has 0 spiro atoms. The van der Waals surface area contributed by atoms with E-state index in [2.05, 4.69) is 31.6 Å². The lowest BCUT2D eigenvalue weighted by molar-refractivity contribution is -0.144. The fourth-order valence-corrected chi connectivity index (χ4v) is 6.10. The van der Waals surface area contributed by atoms with E-state index in [4.69, 9.17) is 11.5 Å². The van der Waals surface area contributed by atoms with E-state index in [1.54, 1.807) is 26.0 Å². The van der Waals surface area contributed by atoms with Crippen LogP contribution >= 0.6 is 0 Å². The third-order valence-electron chi connectivity index (χ3n) is 9.00. The van der Waals surface area contributed by atoms with E-state index in [9.17, 15) is 48.9 Å². The van der Waals surface area contributed by atoms with Crippen LogP contribution in [0.5, 0.6) is 5.75 Å². The molecule has 2 fully saturated rings. The Morgan fingerprint density at radius 1 is 0.830 bits per heavy atom. The van der Waals surface area contributed by atoms with Gasteiger partial charge in [0.05, 0.1) is 6.10 Å². The monoisotopic (exact) mass is 745 g/mol. The summed E-state index contributed by atoms with van der Waals surface area (Å²) in [6, 6.07) is -2.15. The van der Waals surface area contributed by atoms with Crippen molar-refractivity contribution in [1.82, 2.24) is 31.5 Å². The summed E-state index contributed by atoms with van der Waals surface area (Å²) in [7, 11) is 0. The van der Waals surface area contributed by atoms with Crippen molar-refractivity contribution in [2.24, 2.45) is 22.4 Å². The van der Waals surface area contributed by atoms with Crippen molar-refractivity contribution >= 4 is 47.4 Å². The van der Waals surface area contributed by atoms with Crippen molar-refractivity contribution in [3.05, 3.63) is 29.8 Å². The molecule has 1 aromatic rings. The van der Waals surface area contributed by atoms with Crippen molar-refractivity contribution in [3.63, 3.8) is 0 Å². The van der Waals surface area contributed by atoms with Crippen LogP contribution in [-0.4, -0.2) is 123 Å². The van der Waals surface area contributed by atoms with Crippen LogP contribution in [0.15, 0.2) is 29.3 Å². The topological polar surface area (TPSA) is 308 Å². The molecule has 7 unspecified atom stereocenters. The lowest BCUT2D eigenvalue weighted by Crippen LogP contribution is -2.63. The zero-order chi connectivity index (χ0) is 39.4. The molecule has 19 nitrogen and oxygen atoms in total. The molecule has 2 heterocycles. The van der Waals surface area contributed by atoms with Gasteiger partial charge in [0.15, 0.2) is 5.96 Å². The molecule has 0 saturated carbocycles. The lowest BCUT2D eigenvalue weighted by atomic mass is 10.00. The van der Waals surface area contributed by atoms with Crippen molar-refractivity contribution < 1.29 is 48.9 Å². The van der Waals surface area contributed by atoms with Crippen molar-refractivity contribution in [3.8, 4) is 5.75 Å². The highest BCUT2D eigenvalue weighted by molar-refractivity contribution is 5.98. The fourth-order valence-electron chi connectivity index (χ4n) is 6.10. The van der Waals surface area contributed by atoms with E-state index in [0.717, 1.165) is 0 Å². The van der Waals surface area contributed by atoms with Crippen LogP contribution in [0.4, 0.5) is 0 Å². The summed E-state index contributed by atoms with van der Waals surface area (Å²) in [6.45, 7) is 4.79. The van der Waals surface area contributed by atoms with Crippen LogP contribution in [0.2, 0.25) is 0 Å². The Balaban J connectivity index is 2.10. The number of carbonyl (C=O) groups is 7. The number of aliphatic hydroxyl groups is 1. The first-order chi connectivity index (χ1) is 25.0. The number of aromatic hydroxyl groups is 1. The van der Waals surface area contributed by atoms with Crippen LogP contribution < -0.4 is 38.1 Å². The second-order valence-electron chi connectivity index (χ2n) is 13.6. The molecule has 2 aliphatic heterocycles. The Labute approximate surface area is 306 Å². The molecule has 0 aliphatic carbocycles. The number of aliphatic carboxylic acids is 1. The standard InChI is InChI=1S/C34H51N9O10/c1-17(2)26-33(53)43-15-5-7-24(43)31(51)40-23(16-19-8-10-20(45)11-9-19)30(50)38-21(6-4-14-37-34(35)36)28(48)39-22(12-13-25(46)47)29(49)42-27(18(3)44)32(52)41-26/h8-11,17-18,21-24,26-27,44-45H,4-7,12-16H2,1-3H3,(H,38,50)(H,39,48)(H,40,51)(H,41,52)(H,42,49)(H,46,47)(H4,35,36,37). The molecule has 12 N–H and O–H groups in total. The average molecular weight is 746 g/mol. The summed E-state index contributed by atoms with van der Waals surface area (Å²) >= 11 is 0. The van der Waals surface area contributed by atoms with E-state index in [1.807, 2.05) is 0 Å². The molecule has 2 aliphatic rings. The number of nitrogens with zero attached hydrogens (tertiary/aromatic N) is 2. The number of nitrogens with one attached hydrogen (secondary N) is 5. The molecule has 7 atom stereocenters. The fraction of sp³-hybridized carbons (Fsp3) is 0.588. The number of fused-ring (bicyclic) bond motifs is 1. The number of nitrogens with two attached hydrogens (primary N) is 2. The molecule has 2 saturated heterocycles. The highest BCUT2D eigenvalue weighted by atomic mass is 16.4. The number of phenols is 1. The minimum Gasteiger partial charge on any atom is -0.508 e. The van der Waals surface area contributed by atoms with Gasteiger partial charge in [-0.2, -0.15) is 0 Å². The third-order valence-corrected chi connectivity index (χ3v) is 9.00. The summed E-state index contributed by atoms with van der Waals surface area (Å²) in [6.07, 6.45) is -1.80. The van der Waals surface area contributed by atoms with Crippen molar-refractivity contribution in [2.75, 3.05) is 13.1 Å². The predicted molar refractivity (Wildman–Crippen MR) is 189 cm³/mol. The Morgan fingerprint density at radius 3 is 1.98 bits per heavy atom. The van der Waals surface area contributed by atoms with Gasteiger partial charge >= 0.3 is 5.97 Å². The molecular weight excluding hydrogens is 694 g/mol. The maximum absolute atomic E-state index is 14.0. The number of carbonyl (C=O) groups excluding carboxylic acids is 6. The third kappa shape index (κ3) is 12.3. The predicted octanol–water partition coefficient (Wildman–Crippen LogP) is -2.68. The Kier molecular flexibility index (Phi) is 15.4. The molecule has 0 bridgehead atoms. The van der Waals surface area contributed by atoms with Crippen molar-refractivity contribution in [1.29, 1.82) is 0 Å². The Hall–Kier alpha value is -5.46. The molecule has 53 heavy (non-hydrogen) atoms. The Morgan fingerprint density at radius 2 is 1.40 bits per heavy atom. The van der Waals surface area contributed by atoms with Crippen LogP contribution in [0.1, 0.15) is 64.9 Å². The average Bonchev–Trinajstić information content (AvgIpc) is 3.58. The molecule has 292 valence electrons. The second kappa shape index (κ2) is 19.4. The molecular formula is C34H51N9O10. The van der Waals surface area contributed by atoms with E-state index in [0.29, 0.717) is 12.0 Å². The molecule has 0 aromatic heterocycles. The quantitative estimate of drug-likeness (QED) is 0.0630. The smallest absolute Gasteiger partial charge is 0.303 e. The summed E-state index contributed by atoms with van der Waals surface area (Å²) < 4.78 is 0. The first-order valence-electron chi connectivity index (χ1n) is 17.5. The van der Waals surface area contributed by atoms with E-state index < -0.39 is 103 Å². The minimum absolute atomic E-state index is 0.0300. The minimum atomic E-state index is -1.63. The number of amides is 6. The van der Waals surface area contributed by atoms with Crippen LogP contribution in [0.25, 0.3) is 0 Å². The SMILES string of the molecule is CC(C)C1NC(=O)C(C(C)O)NC(=O)C(CCC(=O)O)NC(=O)C(CCCN=C(N)N)NC(=O)C(Cc2ccc(O)cc2)NC(=O)C2CCCN2C1=O. The van der Waals surface area contributed by atoms with Gasteiger partial charge in [-0.1, -0.05) is 26.0 Å². The summed E-state index contributed by atoms with van der Waals surface area (Å²) in [5, 5.41) is 42.5. The zero-order valence-electron chi connectivity index (χ0n) is 30.0. The highest BCUT2D eigenvalue weighted by Gasteiger charge is 2.41. The number of carboxylic acid groups (broad SMARTS) is 1. The zero-order valence-corrected chi connectivity index (χ0v) is 30.0. The molecule has 6 amide bonds. The number of carboxylic acids is 1. The molecule has 3 rings (SSSR count). The number of aliphatic imine (C=N–C) groups is 1. The molecule has 19 heteroatoms. The largest absolute Gasteiger partial charge is 0.508 e. The van der Waals surface area contributed by atoms with Gasteiger partial charge in [-0.25, -0.2) is 0 Å². The van der Waals surface area contributed by atoms with Crippen molar-refractivity contribution in [2.45, 2.75) is 108 Å². The summed E-state index contributed by atoms with van der Waals surface area (Å²) in [4.78, 5) is 99.5. The summed E-state index contributed by atoms with van der Waals surface area (Å²) in [5.74, 6) is -6.89. The number of rotatable bonds is 11. The van der Waals surface area contributed by atoms with E-state index in [1.165, 1.54) is 24.0 Å². The molecule has 1 aromatic carbocycles. The second-order valence-corrected chi connectivity index (χ2v) is 13.6. The van der Waals surface area contributed by atoms with Crippen LogP contribution in [0, 0.1) is 5.92 Å². The van der Waals surface area contributed by atoms with Gasteiger partial charge in [0.1, 0.15) is 42.0 Å². The van der Waals surface area contributed by atoms with Crippen LogP contribution in [-0.2, 0) is 40.0 Å². The van der Waals surface area contributed by atoms with Gasteiger partial charge in [-0.15, -0.1) is 0 Å². The van der Waals surface area contributed by atoms with Gasteiger partial charge in [0.2, 0.25) is 35.4 Å². The number of benzene rings is 1. The normalized spacial score (nSPS) is 25.5. The lowest BCUT2D eigenvalue weighted by Gasteiger charge is -2.33. The van der Waals surface area contributed by atoms with Gasteiger partial charge in [-0.05, 0) is 62.6 Å². The maximum Gasteiger partial charge on any atom is 0.303 e. The van der Waals surface area contributed by atoms with Gasteiger partial charge in [0, 0.05) is 25.9 Å². The maximum atomic E-state index is 14.0. The Bertz CT molecular complexity index is 1530. The van der Waals surface area contributed by atoms with Gasteiger partial charge in [-0.3, -0.25) is 38.6 Å². The molecule has 0 radical (unpaired) electrons. The summed E-state index contributed by atoms with van der Waals surface area (Å²) in [5.41, 5.74) is 11.4. The first kappa shape index (κ1) is 42.0. The number of hydrogen-bond acceptors (Lipinski definition) is 10. The van der Waals surface area contributed by atoms with E-state index >= 15 is 0 Å². The first-order valence-corrected chi connectivity index (χ1v) is 17.5. The highest BCUT2D eigenvalue weighted by Crippen LogP contribution is 2.22. The van der Waals surface area contributed by atoms with E-state index in [-0.39, 0.29) is 50.5 Å². The number of aliphatic hydroxyl groups excluding tert-OH is 1. The number of hydrogen-bond donors (Lipinski definition) is 10. The van der Waals surface area contributed by atoms with Gasteiger partial charge in [0.25, 0.3) is 0 Å². The number of guanidine groups is 1. The van der Waals surface area contributed by atoms with Gasteiger partial charge < -0.3 is 58.3 Å². The number of phenolic OH excluding ortho intramolecular Hbond substituents is 1. The van der Waals surface area contributed by atoms with Crippen LogP contribution in [0.3, 0.4) is 0 Å².